The van der Waals surface area contributed by atoms with Crippen molar-refractivity contribution in [1.82, 2.24) is 0 Å². The summed E-state index contributed by atoms with van der Waals surface area (Å²) in [6, 6.07) is 2.97. The highest BCUT2D eigenvalue weighted by atomic mass is 79.9. The number of hydrogen-bond donors (Lipinski definition) is 0. The van der Waals surface area contributed by atoms with Crippen LogP contribution in [0.5, 0.6) is 0 Å². The maximum absolute atomic E-state index is 12.1. The molecule has 0 aliphatic carbocycles. The largest absolute Gasteiger partial charge is 0.453 e. The second-order valence-electron chi connectivity index (χ2n) is 4.14. The van der Waals surface area contributed by atoms with Crippen LogP contribution in [0.3, 0.4) is 0 Å². The maximum atomic E-state index is 12.1. The van der Waals surface area contributed by atoms with Gasteiger partial charge in [0.05, 0.1) is 25.0 Å². The van der Waals surface area contributed by atoms with Crippen LogP contribution in [0.25, 0.3) is 31.3 Å². The molecule has 0 fully saturated rings. The lowest BCUT2D eigenvalue weighted by Crippen LogP contribution is -2.44. The Bertz CT molecular complexity index is 648. The number of carbonyl (C=O) groups excluding carboxylic acids is 1. The van der Waals surface area contributed by atoms with E-state index in [0.717, 1.165) is 0 Å². The van der Waals surface area contributed by atoms with E-state index in [-0.39, 0.29) is 25.4 Å². The Balaban J connectivity index is 3.08. The van der Waals surface area contributed by atoms with E-state index in [2.05, 4.69) is 46.0 Å². The molecular formula is C10H10BrN9O3. The average Bonchev–Trinajstić information content (AvgIpc) is 3.05. The van der Waals surface area contributed by atoms with E-state index in [4.69, 9.17) is 25.7 Å². The molecule has 0 aliphatic heterocycles. The lowest BCUT2D eigenvalue weighted by atomic mass is 10.1. The Morgan fingerprint density at radius 3 is 2.04 bits per heavy atom. The highest BCUT2D eigenvalue weighted by Crippen LogP contribution is 2.20. The predicted octanol–water partition coefficient (Wildman–Crippen LogP) is 4.00. The van der Waals surface area contributed by atoms with Gasteiger partial charge in [-0.2, -0.15) is 0 Å². The summed E-state index contributed by atoms with van der Waals surface area (Å²) in [7, 11) is 0. The summed E-state index contributed by atoms with van der Waals surface area (Å²) in [5.41, 5.74) is 23.8. The molecule has 0 radical (unpaired) electrons. The highest BCUT2D eigenvalue weighted by Gasteiger charge is 2.34. The minimum atomic E-state index is -1.59. The van der Waals surface area contributed by atoms with E-state index in [9.17, 15) is 4.79 Å². The summed E-state index contributed by atoms with van der Waals surface area (Å²) in [6.07, 6.45) is 0. The Hall–Kier alpha value is -2.84. The molecule has 0 amide bonds. The fraction of sp³-hybridized carbons (Fsp3) is 0.500. The fourth-order valence-corrected chi connectivity index (χ4v) is 1.84. The van der Waals surface area contributed by atoms with Crippen molar-refractivity contribution in [3.8, 4) is 0 Å². The molecule has 1 aromatic rings. The molecule has 13 heteroatoms. The van der Waals surface area contributed by atoms with Crippen molar-refractivity contribution in [1.29, 1.82) is 0 Å². The molecule has 0 aromatic carbocycles. The Kier molecular flexibility index (Phi) is 7.31. The SMILES string of the molecule is [N-]=[N+]=NCC(CN=[N+]=[N-])(CN=[N+]=[N-])OC(=O)c1ccc(CBr)o1. The number of ether oxygens (including phenoxy) is 1. The summed E-state index contributed by atoms with van der Waals surface area (Å²) in [6.45, 7) is -1.13. The van der Waals surface area contributed by atoms with E-state index in [1.54, 1.807) is 6.07 Å². The highest BCUT2D eigenvalue weighted by molar-refractivity contribution is 9.08. The summed E-state index contributed by atoms with van der Waals surface area (Å²) in [5, 5.41) is 10.4. The Labute approximate surface area is 137 Å². The van der Waals surface area contributed by atoms with E-state index in [0.29, 0.717) is 11.1 Å². The molecule has 0 atom stereocenters. The number of halogens is 1. The average molecular weight is 384 g/mol. The first kappa shape index (κ1) is 18.2. The molecule has 0 N–H and O–H groups in total. The predicted molar refractivity (Wildman–Crippen MR) is 81.5 cm³/mol. The van der Waals surface area contributed by atoms with Crippen molar-refractivity contribution in [3.63, 3.8) is 0 Å². The first-order valence-corrected chi connectivity index (χ1v) is 7.13. The first-order chi connectivity index (χ1) is 11.1. The number of carbonyl (C=O) groups is 1. The number of hydrogen-bond acceptors (Lipinski definition) is 6. The lowest BCUT2D eigenvalue weighted by molar-refractivity contribution is -0.00875. The zero-order valence-corrected chi connectivity index (χ0v) is 13.2. The van der Waals surface area contributed by atoms with Crippen LogP contribution in [-0.4, -0.2) is 31.2 Å². The Morgan fingerprint density at radius 1 is 1.13 bits per heavy atom. The fourth-order valence-electron chi connectivity index (χ4n) is 1.53. The van der Waals surface area contributed by atoms with Gasteiger partial charge in [0.25, 0.3) is 0 Å². The van der Waals surface area contributed by atoms with Crippen LogP contribution in [0.4, 0.5) is 0 Å². The van der Waals surface area contributed by atoms with Crippen molar-refractivity contribution in [3.05, 3.63) is 55.0 Å². The van der Waals surface area contributed by atoms with Gasteiger partial charge in [-0.05, 0) is 28.7 Å². The quantitative estimate of drug-likeness (QED) is 0.205. The van der Waals surface area contributed by atoms with E-state index >= 15 is 0 Å². The molecule has 1 rings (SSSR count). The molecule has 1 aromatic heterocycles. The molecule has 23 heavy (non-hydrogen) atoms. The zero-order chi connectivity index (χ0) is 17.1. The standard InChI is InChI=1S/C10H10BrN9O3/c11-3-7-1-2-8(22-7)9(21)23-10(4-15-18-12,5-16-19-13)6-17-20-14/h1-2H,3-6H2. The normalized spacial score (nSPS) is 12.0. The monoisotopic (exact) mass is 383 g/mol. The number of rotatable bonds is 9. The van der Waals surface area contributed by atoms with Crippen molar-refractivity contribution in [2.45, 2.75) is 10.9 Å². The summed E-state index contributed by atoms with van der Waals surface area (Å²) >= 11 is 3.17. The molecule has 0 bridgehead atoms. The zero-order valence-electron chi connectivity index (χ0n) is 11.6. The van der Waals surface area contributed by atoms with Crippen LogP contribution >= 0.6 is 15.9 Å². The van der Waals surface area contributed by atoms with Crippen molar-refractivity contribution < 1.29 is 13.9 Å². The number of furan rings is 1. The first-order valence-electron chi connectivity index (χ1n) is 6.01. The number of azide groups is 3. The van der Waals surface area contributed by atoms with Gasteiger partial charge in [-0.3, -0.25) is 0 Å². The van der Waals surface area contributed by atoms with Crippen LogP contribution in [0.1, 0.15) is 16.3 Å². The van der Waals surface area contributed by atoms with Gasteiger partial charge in [-0.15, -0.1) is 0 Å². The van der Waals surface area contributed by atoms with Crippen LogP contribution in [-0.2, 0) is 10.1 Å². The lowest BCUT2D eigenvalue weighted by Gasteiger charge is -2.28. The van der Waals surface area contributed by atoms with Crippen molar-refractivity contribution >= 4 is 21.9 Å². The van der Waals surface area contributed by atoms with E-state index in [1.807, 2.05) is 0 Å². The van der Waals surface area contributed by atoms with E-state index in [1.165, 1.54) is 6.07 Å². The molecule has 0 spiro atoms. The van der Waals surface area contributed by atoms with Crippen LogP contribution in [0.15, 0.2) is 31.9 Å². The molecule has 12 nitrogen and oxygen atoms in total. The van der Waals surface area contributed by atoms with Gasteiger partial charge in [0.15, 0.2) is 0 Å². The summed E-state index contributed by atoms with van der Waals surface area (Å²) in [4.78, 5) is 19.8. The van der Waals surface area contributed by atoms with Crippen molar-refractivity contribution in [2.75, 3.05) is 19.6 Å². The number of nitrogens with zero attached hydrogens (tertiary/aromatic N) is 9. The van der Waals surface area contributed by atoms with Crippen LogP contribution in [0, 0.1) is 0 Å². The van der Waals surface area contributed by atoms with E-state index < -0.39 is 11.6 Å². The molecule has 0 unspecified atom stereocenters. The number of esters is 1. The summed E-state index contributed by atoms with van der Waals surface area (Å²) in [5.74, 6) is -0.457. The molecule has 0 saturated heterocycles. The van der Waals surface area contributed by atoms with Crippen LogP contribution in [0.2, 0.25) is 0 Å². The van der Waals surface area contributed by atoms with Gasteiger partial charge < -0.3 is 9.15 Å². The molecule has 1 heterocycles. The third-order valence-corrected chi connectivity index (χ3v) is 3.12. The van der Waals surface area contributed by atoms with Crippen molar-refractivity contribution in [2.24, 2.45) is 15.3 Å². The summed E-state index contributed by atoms with van der Waals surface area (Å²) < 4.78 is 10.5. The second-order valence-corrected chi connectivity index (χ2v) is 4.70. The second kappa shape index (κ2) is 9.23. The molecule has 0 aliphatic rings. The minimum absolute atomic E-state index is 0.0911. The van der Waals surface area contributed by atoms with Gasteiger partial charge in [-0.1, -0.05) is 31.3 Å². The third kappa shape index (κ3) is 5.46. The van der Waals surface area contributed by atoms with Gasteiger partial charge in [0, 0.05) is 14.7 Å². The maximum Gasteiger partial charge on any atom is 0.374 e. The van der Waals surface area contributed by atoms with Gasteiger partial charge >= 0.3 is 5.97 Å². The minimum Gasteiger partial charge on any atom is -0.453 e. The smallest absolute Gasteiger partial charge is 0.374 e. The molecular weight excluding hydrogens is 374 g/mol. The van der Waals surface area contributed by atoms with Crippen LogP contribution < -0.4 is 0 Å². The van der Waals surface area contributed by atoms with Gasteiger partial charge in [-0.25, -0.2) is 4.79 Å². The third-order valence-electron chi connectivity index (χ3n) is 2.57. The van der Waals surface area contributed by atoms with Gasteiger partial charge in [0.1, 0.15) is 11.4 Å². The number of alkyl halides is 1. The molecule has 120 valence electrons. The Morgan fingerprint density at radius 2 is 1.65 bits per heavy atom. The molecule has 0 saturated carbocycles. The topological polar surface area (TPSA) is 186 Å². The van der Waals surface area contributed by atoms with Gasteiger partial charge in [0.2, 0.25) is 5.76 Å².